The first-order chi connectivity index (χ1) is 12.6. The second kappa shape index (κ2) is 7.09. The molecule has 0 aliphatic heterocycles. The van der Waals surface area contributed by atoms with Gasteiger partial charge in [0.25, 0.3) is 11.1 Å². The van der Waals surface area contributed by atoms with E-state index in [1.54, 1.807) is 23.1 Å². The maximum absolute atomic E-state index is 5.78. The highest BCUT2D eigenvalue weighted by Gasteiger charge is 2.12. The molecular weight excluding hydrogens is 364 g/mol. The van der Waals surface area contributed by atoms with E-state index < -0.39 is 0 Å². The summed E-state index contributed by atoms with van der Waals surface area (Å²) < 4.78 is 7.74. The van der Waals surface area contributed by atoms with Crippen molar-refractivity contribution in [1.29, 1.82) is 0 Å². The molecule has 0 aliphatic carbocycles. The molecular formula is C19H18N4OS2. The summed E-state index contributed by atoms with van der Waals surface area (Å²) >= 11 is 3.17. The number of thioether (sulfide) groups is 1. The molecule has 0 bridgehead atoms. The number of rotatable bonds is 5. The van der Waals surface area contributed by atoms with Crippen molar-refractivity contribution in [3.05, 3.63) is 64.3 Å². The van der Waals surface area contributed by atoms with Crippen LogP contribution >= 0.6 is 23.1 Å². The molecule has 0 saturated carbocycles. The van der Waals surface area contributed by atoms with Crippen molar-refractivity contribution in [3.8, 4) is 16.5 Å². The number of hydrogen-bond acceptors (Lipinski definition) is 6. The third kappa shape index (κ3) is 3.45. The van der Waals surface area contributed by atoms with Crippen molar-refractivity contribution in [2.24, 2.45) is 0 Å². The summed E-state index contributed by atoms with van der Waals surface area (Å²) in [4.78, 5) is 1.04. The van der Waals surface area contributed by atoms with E-state index in [0.29, 0.717) is 11.1 Å². The lowest BCUT2D eigenvalue weighted by Gasteiger charge is -2.05. The van der Waals surface area contributed by atoms with Gasteiger partial charge in [-0.3, -0.25) is 0 Å². The summed E-state index contributed by atoms with van der Waals surface area (Å²) in [6, 6.07) is 12.5. The smallest absolute Gasteiger partial charge is 0.277 e. The zero-order valence-corrected chi connectivity index (χ0v) is 16.4. The summed E-state index contributed by atoms with van der Waals surface area (Å²) in [7, 11) is 0. The summed E-state index contributed by atoms with van der Waals surface area (Å²) in [5.74, 6) is 1.38. The van der Waals surface area contributed by atoms with Crippen molar-refractivity contribution in [2.45, 2.75) is 31.7 Å². The summed E-state index contributed by atoms with van der Waals surface area (Å²) in [5, 5.41) is 15.4. The first kappa shape index (κ1) is 17.1. The fourth-order valence-corrected chi connectivity index (χ4v) is 4.28. The van der Waals surface area contributed by atoms with Crippen molar-refractivity contribution >= 4 is 23.1 Å². The molecule has 7 heteroatoms. The maximum Gasteiger partial charge on any atom is 0.277 e. The number of aryl methyl sites for hydroxylation is 3. The number of benzene rings is 1. The van der Waals surface area contributed by atoms with Gasteiger partial charge in [-0.15, -0.1) is 21.5 Å². The van der Waals surface area contributed by atoms with Gasteiger partial charge in [0.1, 0.15) is 0 Å². The van der Waals surface area contributed by atoms with Crippen molar-refractivity contribution in [3.63, 3.8) is 0 Å². The Labute approximate surface area is 160 Å². The Morgan fingerprint density at radius 1 is 1.08 bits per heavy atom. The Balaban J connectivity index is 1.43. The van der Waals surface area contributed by atoms with Gasteiger partial charge >= 0.3 is 0 Å². The van der Waals surface area contributed by atoms with Gasteiger partial charge in [-0.05, 0) is 61.5 Å². The fourth-order valence-electron chi connectivity index (χ4n) is 2.72. The summed E-state index contributed by atoms with van der Waals surface area (Å²) in [6.07, 6.45) is 0. The van der Waals surface area contributed by atoms with Gasteiger partial charge < -0.3 is 4.42 Å². The van der Waals surface area contributed by atoms with Gasteiger partial charge in [0.15, 0.2) is 0 Å². The largest absolute Gasteiger partial charge is 0.410 e. The molecule has 0 amide bonds. The van der Waals surface area contributed by atoms with Crippen molar-refractivity contribution < 1.29 is 4.42 Å². The molecule has 0 spiro atoms. The van der Waals surface area contributed by atoms with Gasteiger partial charge in [-0.25, -0.2) is 4.68 Å². The molecule has 4 rings (SSSR count). The molecule has 26 heavy (non-hydrogen) atoms. The van der Waals surface area contributed by atoms with Crippen molar-refractivity contribution in [1.82, 2.24) is 20.0 Å². The van der Waals surface area contributed by atoms with Crippen LogP contribution in [-0.2, 0) is 5.75 Å². The third-order valence-corrected chi connectivity index (χ3v) is 5.91. The predicted octanol–water partition coefficient (Wildman–Crippen LogP) is 5.20. The highest BCUT2D eigenvalue weighted by Crippen LogP contribution is 2.31. The van der Waals surface area contributed by atoms with Crippen LogP contribution in [0.1, 0.15) is 22.5 Å². The van der Waals surface area contributed by atoms with Crippen LogP contribution in [0, 0.1) is 20.8 Å². The van der Waals surface area contributed by atoms with Crippen LogP contribution in [0.2, 0.25) is 0 Å². The topological polar surface area (TPSA) is 56.7 Å². The van der Waals surface area contributed by atoms with Crippen LogP contribution in [0.15, 0.2) is 51.4 Å². The lowest BCUT2D eigenvalue weighted by molar-refractivity contribution is 0.466. The first-order valence-electron chi connectivity index (χ1n) is 8.23. The number of aromatic nitrogens is 4. The first-order valence-corrected chi connectivity index (χ1v) is 10.1. The minimum atomic E-state index is 0.593. The molecule has 4 aromatic rings. The normalized spacial score (nSPS) is 11.2. The Bertz CT molecular complexity index is 1030. The Morgan fingerprint density at radius 3 is 2.54 bits per heavy atom. The standard InChI is InChI=1S/C19H18N4OS2/c1-12-8-9-25-17(12)18-20-21-19(24-18)26-11-15-4-6-16(7-5-15)23-14(3)10-13(2)22-23/h4-10H,11H2,1-3H3. The molecule has 3 heterocycles. The summed E-state index contributed by atoms with van der Waals surface area (Å²) in [5.41, 5.74) is 5.59. The minimum Gasteiger partial charge on any atom is -0.410 e. The van der Waals surface area contributed by atoms with E-state index in [2.05, 4.69) is 58.6 Å². The van der Waals surface area contributed by atoms with E-state index in [0.717, 1.165) is 33.3 Å². The van der Waals surface area contributed by atoms with Gasteiger partial charge in [-0.2, -0.15) is 5.10 Å². The van der Waals surface area contributed by atoms with Gasteiger partial charge in [-0.1, -0.05) is 23.9 Å². The van der Waals surface area contributed by atoms with Crippen molar-refractivity contribution in [2.75, 3.05) is 0 Å². The third-order valence-electron chi connectivity index (χ3n) is 4.02. The second-order valence-corrected chi connectivity index (χ2v) is 7.94. The Morgan fingerprint density at radius 2 is 1.88 bits per heavy atom. The highest BCUT2D eigenvalue weighted by atomic mass is 32.2. The average molecular weight is 383 g/mol. The summed E-state index contributed by atoms with van der Waals surface area (Å²) in [6.45, 7) is 6.12. The van der Waals surface area contributed by atoms with Crippen LogP contribution in [-0.4, -0.2) is 20.0 Å². The van der Waals surface area contributed by atoms with Gasteiger partial charge in [0.2, 0.25) is 0 Å². The molecule has 0 atom stereocenters. The molecule has 0 fully saturated rings. The SMILES string of the molecule is Cc1cc(C)n(-c2ccc(CSc3nnc(-c4sccc4C)o3)cc2)n1. The Hall–Kier alpha value is -2.38. The number of thiophene rings is 1. The quantitative estimate of drug-likeness (QED) is 0.444. The van der Waals surface area contributed by atoms with E-state index in [1.807, 2.05) is 23.9 Å². The zero-order chi connectivity index (χ0) is 18.1. The van der Waals surface area contributed by atoms with Crippen LogP contribution in [0.25, 0.3) is 16.5 Å². The number of nitrogens with zero attached hydrogens (tertiary/aromatic N) is 4. The van der Waals surface area contributed by atoms with Gasteiger partial charge in [0.05, 0.1) is 16.3 Å². The predicted molar refractivity (Wildman–Crippen MR) is 105 cm³/mol. The molecule has 0 aliphatic rings. The van der Waals surface area contributed by atoms with Crippen LogP contribution < -0.4 is 0 Å². The van der Waals surface area contributed by atoms with E-state index in [1.165, 1.54) is 5.56 Å². The van der Waals surface area contributed by atoms with Gasteiger partial charge in [0, 0.05) is 11.4 Å². The molecule has 0 N–H and O–H groups in total. The second-order valence-electron chi connectivity index (χ2n) is 6.10. The molecule has 5 nitrogen and oxygen atoms in total. The highest BCUT2D eigenvalue weighted by molar-refractivity contribution is 7.98. The molecule has 1 aromatic carbocycles. The van der Waals surface area contributed by atoms with E-state index in [9.17, 15) is 0 Å². The van der Waals surface area contributed by atoms with Crippen LogP contribution in [0.3, 0.4) is 0 Å². The molecule has 0 saturated heterocycles. The molecule has 0 radical (unpaired) electrons. The number of hydrogen-bond donors (Lipinski definition) is 0. The van der Waals surface area contributed by atoms with Crippen LogP contribution in [0.5, 0.6) is 0 Å². The van der Waals surface area contributed by atoms with E-state index in [-0.39, 0.29) is 0 Å². The lowest BCUT2D eigenvalue weighted by atomic mass is 10.2. The minimum absolute atomic E-state index is 0.593. The zero-order valence-electron chi connectivity index (χ0n) is 14.8. The average Bonchev–Trinajstić information content (AvgIpc) is 3.34. The maximum atomic E-state index is 5.78. The lowest BCUT2D eigenvalue weighted by Crippen LogP contribution is -1.98. The fraction of sp³-hybridized carbons (Fsp3) is 0.211. The van der Waals surface area contributed by atoms with Crippen LogP contribution in [0.4, 0.5) is 0 Å². The molecule has 0 unspecified atom stereocenters. The monoisotopic (exact) mass is 382 g/mol. The Kier molecular flexibility index (Phi) is 4.65. The molecule has 3 aromatic heterocycles. The van der Waals surface area contributed by atoms with E-state index >= 15 is 0 Å². The van der Waals surface area contributed by atoms with E-state index in [4.69, 9.17) is 4.42 Å². The molecule has 132 valence electrons.